The zero-order chi connectivity index (χ0) is 12.4. The second-order valence-corrected chi connectivity index (χ2v) is 6.18. The van der Waals surface area contributed by atoms with E-state index in [0.29, 0.717) is 6.54 Å². The summed E-state index contributed by atoms with van der Waals surface area (Å²) in [5.41, 5.74) is 1.09. The highest BCUT2D eigenvalue weighted by Gasteiger charge is 2.16. The summed E-state index contributed by atoms with van der Waals surface area (Å²) in [6.07, 6.45) is 1.61. The van der Waals surface area contributed by atoms with Gasteiger partial charge in [-0.25, -0.2) is 0 Å². The van der Waals surface area contributed by atoms with Gasteiger partial charge in [-0.05, 0) is 46.6 Å². The van der Waals surface area contributed by atoms with E-state index in [1.165, 1.54) is 11.3 Å². The summed E-state index contributed by atoms with van der Waals surface area (Å²) in [5, 5.41) is 0. The van der Waals surface area contributed by atoms with Crippen LogP contribution in [0.5, 0.6) is 0 Å². The van der Waals surface area contributed by atoms with Crippen molar-refractivity contribution in [1.29, 1.82) is 0 Å². The van der Waals surface area contributed by atoms with Crippen molar-refractivity contribution in [3.8, 4) is 0 Å². The Labute approximate surface area is 112 Å². The Kier molecular flexibility index (Phi) is 3.69. The Morgan fingerprint density at radius 2 is 2.35 bits per heavy atom. The van der Waals surface area contributed by atoms with Crippen LogP contribution >= 0.6 is 27.3 Å². The first kappa shape index (κ1) is 12.4. The molecule has 3 nitrogen and oxygen atoms in total. The van der Waals surface area contributed by atoms with E-state index in [1.807, 2.05) is 25.1 Å². The molecule has 0 saturated heterocycles. The fourth-order valence-electron chi connectivity index (χ4n) is 1.46. The van der Waals surface area contributed by atoms with Crippen LogP contribution in [0.3, 0.4) is 0 Å². The lowest BCUT2D eigenvalue weighted by Crippen LogP contribution is -2.25. The molecule has 0 spiro atoms. The molecule has 2 aromatic rings. The molecule has 0 aliphatic rings. The number of aryl methyl sites for hydroxylation is 1. The van der Waals surface area contributed by atoms with Crippen LogP contribution in [0.1, 0.15) is 21.0 Å². The van der Waals surface area contributed by atoms with Crippen LogP contribution in [0, 0.1) is 6.92 Å². The number of amides is 1. The lowest BCUT2D eigenvalue weighted by atomic mass is 10.3. The standard InChI is InChI=1S/C12H12BrNO2S/c1-8-6-10(17-11(8)13)12(15)14(2)7-9-4-3-5-16-9/h3-6H,7H2,1-2H3. The maximum Gasteiger partial charge on any atom is 0.264 e. The van der Waals surface area contributed by atoms with Crippen molar-refractivity contribution in [3.05, 3.63) is 44.4 Å². The summed E-state index contributed by atoms with van der Waals surface area (Å²) in [7, 11) is 1.77. The predicted molar refractivity (Wildman–Crippen MR) is 71.3 cm³/mol. The van der Waals surface area contributed by atoms with Gasteiger partial charge in [-0.1, -0.05) is 0 Å². The highest BCUT2D eigenvalue weighted by molar-refractivity contribution is 9.11. The molecule has 5 heteroatoms. The number of nitrogens with zero attached hydrogens (tertiary/aromatic N) is 1. The number of furan rings is 1. The number of halogens is 1. The van der Waals surface area contributed by atoms with E-state index in [0.717, 1.165) is 20.0 Å². The molecule has 0 unspecified atom stereocenters. The van der Waals surface area contributed by atoms with Crippen molar-refractivity contribution in [3.63, 3.8) is 0 Å². The van der Waals surface area contributed by atoms with Crippen LogP contribution in [-0.4, -0.2) is 17.9 Å². The van der Waals surface area contributed by atoms with E-state index in [9.17, 15) is 4.79 Å². The van der Waals surface area contributed by atoms with E-state index in [2.05, 4.69) is 15.9 Å². The lowest BCUT2D eigenvalue weighted by molar-refractivity contribution is 0.0780. The van der Waals surface area contributed by atoms with Crippen LogP contribution in [0.25, 0.3) is 0 Å². The molecule has 0 saturated carbocycles. The van der Waals surface area contributed by atoms with Gasteiger partial charge in [0.15, 0.2) is 0 Å². The molecule has 0 fully saturated rings. The van der Waals surface area contributed by atoms with Crippen LogP contribution in [0.15, 0.2) is 32.7 Å². The van der Waals surface area contributed by atoms with Crippen molar-refractivity contribution in [2.24, 2.45) is 0 Å². The summed E-state index contributed by atoms with van der Waals surface area (Å²) in [6.45, 7) is 2.46. The Morgan fingerprint density at radius 3 is 2.88 bits per heavy atom. The highest BCUT2D eigenvalue weighted by atomic mass is 79.9. The molecule has 2 aromatic heterocycles. The lowest BCUT2D eigenvalue weighted by Gasteiger charge is -2.14. The SMILES string of the molecule is Cc1cc(C(=O)N(C)Cc2ccco2)sc1Br. The smallest absolute Gasteiger partial charge is 0.264 e. The normalized spacial score (nSPS) is 10.5. The first-order valence-electron chi connectivity index (χ1n) is 5.11. The Bertz CT molecular complexity index is 499. The third kappa shape index (κ3) is 2.79. The van der Waals surface area contributed by atoms with Crippen molar-refractivity contribution in [1.82, 2.24) is 4.90 Å². The van der Waals surface area contributed by atoms with Gasteiger partial charge in [0.2, 0.25) is 0 Å². The van der Waals surface area contributed by atoms with Crippen molar-refractivity contribution in [2.45, 2.75) is 13.5 Å². The van der Waals surface area contributed by atoms with E-state index in [-0.39, 0.29) is 5.91 Å². The maximum atomic E-state index is 12.1. The molecule has 0 aliphatic carbocycles. The van der Waals surface area contributed by atoms with Crippen LogP contribution < -0.4 is 0 Å². The molecule has 2 heterocycles. The summed E-state index contributed by atoms with van der Waals surface area (Å²) >= 11 is 4.88. The van der Waals surface area contributed by atoms with E-state index in [4.69, 9.17) is 4.42 Å². The van der Waals surface area contributed by atoms with Gasteiger partial charge in [0, 0.05) is 7.05 Å². The number of carbonyl (C=O) groups is 1. The topological polar surface area (TPSA) is 33.5 Å². The molecular formula is C12H12BrNO2S. The molecule has 0 radical (unpaired) electrons. The number of carbonyl (C=O) groups excluding carboxylic acids is 1. The fraction of sp³-hybridized carbons (Fsp3) is 0.250. The van der Waals surface area contributed by atoms with Gasteiger partial charge < -0.3 is 9.32 Å². The van der Waals surface area contributed by atoms with Crippen LogP contribution in [0.4, 0.5) is 0 Å². The minimum atomic E-state index is 0.0141. The van der Waals surface area contributed by atoms with Gasteiger partial charge in [0.1, 0.15) is 5.76 Å². The molecule has 0 atom stereocenters. The van der Waals surface area contributed by atoms with Gasteiger partial charge >= 0.3 is 0 Å². The zero-order valence-corrected chi connectivity index (χ0v) is 12.0. The Hall–Kier alpha value is -1.07. The van der Waals surface area contributed by atoms with Gasteiger partial charge in [-0.15, -0.1) is 11.3 Å². The Morgan fingerprint density at radius 1 is 1.59 bits per heavy atom. The van der Waals surface area contributed by atoms with Gasteiger partial charge in [-0.3, -0.25) is 4.79 Å². The number of hydrogen-bond donors (Lipinski definition) is 0. The van der Waals surface area contributed by atoms with Crippen LogP contribution in [-0.2, 0) is 6.54 Å². The summed E-state index contributed by atoms with van der Waals surface area (Å²) < 4.78 is 6.23. The zero-order valence-electron chi connectivity index (χ0n) is 9.57. The molecule has 0 aromatic carbocycles. The second-order valence-electron chi connectivity index (χ2n) is 3.81. The minimum absolute atomic E-state index is 0.0141. The summed E-state index contributed by atoms with van der Waals surface area (Å²) in [4.78, 5) is 14.5. The fourth-order valence-corrected chi connectivity index (χ4v) is 2.99. The van der Waals surface area contributed by atoms with E-state index >= 15 is 0 Å². The second kappa shape index (κ2) is 5.06. The first-order chi connectivity index (χ1) is 8.08. The number of rotatable bonds is 3. The average Bonchev–Trinajstić information content (AvgIpc) is 2.89. The minimum Gasteiger partial charge on any atom is -0.467 e. The van der Waals surface area contributed by atoms with Crippen molar-refractivity contribution < 1.29 is 9.21 Å². The average molecular weight is 314 g/mol. The third-order valence-corrected chi connectivity index (χ3v) is 4.51. The van der Waals surface area contributed by atoms with Gasteiger partial charge in [0.25, 0.3) is 5.91 Å². The quantitative estimate of drug-likeness (QED) is 0.866. The Balaban J connectivity index is 2.09. The molecule has 2 rings (SSSR count). The molecule has 0 bridgehead atoms. The van der Waals surface area contributed by atoms with Crippen LogP contribution in [0.2, 0.25) is 0 Å². The first-order valence-corrected chi connectivity index (χ1v) is 6.72. The van der Waals surface area contributed by atoms with Crippen molar-refractivity contribution >= 4 is 33.2 Å². The molecule has 90 valence electrons. The van der Waals surface area contributed by atoms with E-state index in [1.54, 1.807) is 18.2 Å². The largest absolute Gasteiger partial charge is 0.467 e. The molecule has 1 amide bonds. The monoisotopic (exact) mass is 313 g/mol. The third-order valence-electron chi connectivity index (χ3n) is 2.39. The van der Waals surface area contributed by atoms with Gasteiger partial charge in [0.05, 0.1) is 21.5 Å². The summed E-state index contributed by atoms with van der Waals surface area (Å²) in [5.74, 6) is 0.799. The molecule has 0 N–H and O–H groups in total. The number of hydrogen-bond acceptors (Lipinski definition) is 3. The van der Waals surface area contributed by atoms with E-state index < -0.39 is 0 Å². The maximum absolute atomic E-state index is 12.1. The predicted octanol–water partition coefficient (Wildman–Crippen LogP) is 3.68. The number of thiophene rings is 1. The summed E-state index contributed by atoms with van der Waals surface area (Å²) in [6, 6.07) is 5.58. The molecule has 17 heavy (non-hydrogen) atoms. The molecular weight excluding hydrogens is 302 g/mol. The molecule has 0 aliphatic heterocycles. The highest BCUT2D eigenvalue weighted by Crippen LogP contribution is 2.28. The van der Waals surface area contributed by atoms with Gasteiger partial charge in [-0.2, -0.15) is 0 Å². The van der Waals surface area contributed by atoms with Crippen molar-refractivity contribution in [2.75, 3.05) is 7.05 Å².